The summed E-state index contributed by atoms with van der Waals surface area (Å²) in [6.45, 7) is -0.291. The van der Waals surface area contributed by atoms with Crippen molar-refractivity contribution in [1.82, 2.24) is 30.0 Å². The third-order valence-corrected chi connectivity index (χ3v) is 10.4. The fourth-order valence-electron chi connectivity index (χ4n) is 6.94. The average molecular weight is 790 g/mol. The van der Waals surface area contributed by atoms with Crippen LogP contribution in [0.1, 0.15) is 29.2 Å². The Kier molecular flexibility index (Phi) is 12.8. The van der Waals surface area contributed by atoms with E-state index in [1.807, 2.05) is 45.4 Å². The number of carbonyl (C=O) groups is 2. The van der Waals surface area contributed by atoms with Gasteiger partial charge in [-0.3, -0.25) is 24.4 Å². The number of hydrogen-bond acceptors (Lipinski definition) is 8. The van der Waals surface area contributed by atoms with E-state index in [1.54, 1.807) is 59.8 Å². The number of aliphatic hydroxyl groups is 2. The molecule has 0 spiro atoms. The lowest BCUT2D eigenvalue weighted by Gasteiger charge is -2.41. The van der Waals surface area contributed by atoms with Crippen LogP contribution in [-0.2, 0) is 22.6 Å². The van der Waals surface area contributed by atoms with Crippen molar-refractivity contribution in [1.29, 1.82) is 0 Å². The van der Waals surface area contributed by atoms with Gasteiger partial charge in [-0.1, -0.05) is 47.5 Å². The van der Waals surface area contributed by atoms with Gasteiger partial charge in [0.2, 0.25) is 11.8 Å². The number of β-amino-alcohol motifs (C(OH)–C–C–N with tert-alkyl or cyclic N) is 1. The Labute approximate surface area is 320 Å². The first-order valence-electron chi connectivity index (χ1n) is 17.5. The van der Waals surface area contributed by atoms with Crippen molar-refractivity contribution in [2.75, 3.05) is 39.3 Å². The van der Waals surface area contributed by atoms with Crippen LogP contribution in [0.3, 0.4) is 0 Å². The molecular formula is C38H41Cl2F3N6O5. The zero-order valence-electron chi connectivity index (χ0n) is 29.1. The van der Waals surface area contributed by atoms with Gasteiger partial charge in [-0.25, -0.2) is 0 Å². The molecule has 2 aromatic heterocycles. The largest absolute Gasteiger partial charge is 0.490 e. The number of alkyl halides is 3. The molecule has 0 aliphatic carbocycles. The quantitative estimate of drug-likeness (QED) is 0.155. The van der Waals surface area contributed by atoms with E-state index in [-0.39, 0.29) is 39.1 Å². The number of amides is 2. The highest BCUT2D eigenvalue weighted by atomic mass is 35.5. The van der Waals surface area contributed by atoms with Crippen molar-refractivity contribution in [2.24, 2.45) is 5.92 Å². The van der Waals surface area contributed by atoms with E-state index in [1.165, 1.54) is 0 Å². The van der Waals surface area contributed by atoms with Gasteiger partial charge in [0.1, 0.15) is 31.0 Å². The molecule has 2 amide bonds. The van der Waals surface area contributed by atoms with Crippen LogP contribution in [0.5, 0.6) is 5.75 Å². The van der Waals surface area contributed by atoms with Gasteiger partial charge >= 0.3 is 6.18 Å². The van der Waals surface area contributed by atoms with Crippen LogP contribution in [0.25, 0.3) is 5.69 Å². The van der Waals surface area contributed by atoms with E-state index in [0.717, 1.165) is 16.8 Å². The predicted molar refractivity (Wildman–Crippen MR) is 196 cm³/mol. The number of benzene rings is 2. The maximum atomic E-state index is 13.9. The number of aliphatic hydroxyl groups excluding tert-OH is 2. The summed E-state index contributed by atoms with van der Waals surface area (Å²) in [7, 11) is 0. The number of rotatable bonds is 13. The number of carbonyl (C=O) groups excluding carboxylic acids is 2. The summed E-state index contributed by atoms with van der Waals surface area (Å²) in [4.78, 5) is 35.0. The molecule has 2 aliphatic heterocycles. The summed E-state index contributed by atoms with van der Waals surface area (Å²) in [5.41, 5.74) is 3.08. The minimum absolute atomic E-state index is 0.00925. The van der Waals surface area contributed by atoms with Gasteiger partial charge in [0.05, 0.1) is 22.2 Å². The van der Waals surface area contributed by atoms with E-state index < -0.39 is 54.7 Å². The van der Waals surface area contributed by atoms with Crippen LogP contribution < -0.4 is 15.4 Å². The lowest BCUT2D eigenvalue weighted by atomic mass is 9.91. The Morgan fingerprint density at radius 2 is 1.85 bits per heavy atom. The number of nitrogens with one attached hydrogen (secondary N) is 2. The first kappa shape index (κ1) is 39.5. The predicted octanol–water partition coefficient (Wildman–Crippen LogP) is 4.56. The highest BCUT2D eigenvalue weighted by Crippen LogP contribution is 2.33. The highest BCUT2D eigenvalue weighted by molar-refractivity contribution is 6.42. The van der Waals surface area contributed by atoms with E-state index in [9.17, 15) is 33.0 Å². The summed E-state index contributed by atoms with van der Waals surface area (Å²) in [5.74, 6) is -1.44. The second-order valence-electron chi connectivity index (χ2n) is 13.7. The molecule has 16 heteroatoms. The molecule has 0 unspecified atom stereocenters. The molecular weight excluding hydrogens is 748 g/mol. The minimum Gasteiger partial charge on any atom is -0.490 e. The molecule has 11 nitrogen and oxygen atoms in total. The standard InChI is InChI=1S/C38H41Cl2F3N6O5/c39-30-8-7-27(16-31(30)40)48-11-9-25(19-48)18-47-12-13-49(32(21-47)37(53)45-23-38(41,42)43)20-28(50)15-26(14-24-4-3-10-44-17-24)36(52)46-35-29-5-1-2-6-34(29)54-22-33(35)51/h1-11,16-17,19,26,28,32-33,35,50-51H,12-15,18,20-23H2,(H,45,53)(H,46,52)/t26-,28+,32+,33-,35+/m1/s1. The van der Waals surface area contributed by atoms with E-state index in [4.69, 9.17) is 27.9 Å². The van der Waals surface area contributed by atoms with E-state index in [0.29, 0.717) is 34.4 Å². The van der Waals surface area contributed by atoms with Crippen LogP contribution in [-0.4, -0.2) is 105 Å². The molecule has 6 rings (SSSR count). The Morgan fingerprint density at radius 1 is 1.04 bits per heavy atom. The first-order valence-corrected chi connectivity index (χ1v) is 18.3. The number of halogens is 5. The van der Waals surface area contributed by atoms with Crippen molar-refractivity contribution < 1.29 is 37.7 Å². The molecule has 2 aliphatic rings. The number of para-hydroxylation sites is 1. The Balaban J connectivity index is 1.15. The van der Waals surface area contributed by atoms with Crippen LogP contribution in [0.4, 0.5) is 13.2 Å². The van der Waals surface area contributed by atoms with Crippen molar-refractivity contribution in [2.45, 2.75) is 49.9 Å². The molecule has 54 heavy (non-hydrogen) atoms. The van der Waals surface area contributed by atoms with Crippen LogP contribution >= 0.6 is 23.2 Å². The zero-order valence-corrected chi connectivity index (χ0v) is 30.6. The highest BCUT2D eigenvalue weighted by Gasteiger charge is 2.38. The number of nitrogens with zero attached hydrogens (tertiary/aromatic N) is 4. The molecule has 0 radical (unpaired) electrons. The number of aromatic nitrogens is 2. The summed E-state index contributed by atoms with van der Waals surface area (Å²) in [6.07, 6.45) is 0.455. The van der Waals surface area contributed by atoms with Gasteiger partial charge in [0.25, 0.3) is 0 Å². The van der Waals surface area contributed by atoms with Gasteiger partial charge in [0, 0.05) is 74.7 Å². The maximum Gasteiger partial charge on any atom is 0.405 e. The maximum absolute atomic E-state index is 13.9. The zero-order chi connectivity index (χ0) is 38.4. The Bertz CT molecular complexity index is 1900. The summed E-state index contributed by atoms with van der Waals surface area (Å²) in [6, 6.07) is 16.1. The summed E-state index contributed by atoms with van der Waals surface area (Å²) in [5, 5.41) is 28.0. The molecule has 288 valence electrons. The molecule has 5 atom stereocenters. The number of fused-ring (bicyclic) bond motifs is 1. The Morgan fingerprint density at radius 3 is 2.61 bits per heavy atom. The second-order valence-corrected chi connectivity index (χ2v) is 14.5. The fourth-order valence-corrected chi connectivity index (χ4v) is 7.24. The lowest BCUT2D eigenvalue weighted by molar-refractivity contribution is -0.143. The molecule has 4 N–H and O–H groups in total. The van der Waals surface area contributed by atoms with Crippen molar-refractivity contribution >= 4 is 35.0 Å². The third kappa shape index (κ3) is 10.3. The number of hydrogen-bond donors (Lipinski definition) is 4. The van der Waals surface area contributed by atoms with E-state index >= 15 is 0 Å². The fraction of sp³-hybridized carbons (Fsp3) is 0.395. The molecule has 4 aromatic rings. The summed E-state index contributed by atoms with van der Waals surface area (Å²) < 4.78 is 47.0. The van der Waals surface area contributed by atoms with Gasteiger partial charge in [-0.2, -0.15) is 13.2 Å². The molecule has 1 fully saturated rings. The van der Waals surface area contributed by atoms with Crippen LogP contribution in [0, 0.1) is 5.92 Å². The topological polar surface area (TPSA) is 132 Å². The van der Waals surface area contributed by atoms with Gasteiger partial charge in [-0.15, -0.1) is 0 Å². The first-order chi connectivity index (χ1) is 25.8. The summed E-state index contributed by atoms with van der Waals surface area (Å²) >= 11 is 12.3. The number of ether oxygens (including phenoxy) is 1. The number of piperazine rings is 1. The van der Waals surface area contributed by atoms with Gasteiger partial charge in [-0.05, 0) is 60.4 Å². The second kappa shape index (κ2) is 17.5. The molecule has 0 saturated carbocycles. The average Bonchev–Trinajstić information content (AvgIpc) is 3.61. The normalized spacial score (nSPS) is 20.4. The third-order valence-electron chi connectivity index (χ3n) is 9.63. The monoisotopic (exact) mass is 788 g/mol. The van der Waals surface area contributed by atoms with Crippen molar-refractivity contribution in [3.05, 3.63) is 112 Å². The minimum atomic E-state index is -4.60. The van der Waals surface area contributed by atoms with E-state index in [2.05, 4.69) is 10.3 Å². The lowest BCUT2D eigenvalue weighted by Crippen LogP contribution is -2.60. The molecule has 0 bridgehead atoms. The molecule has 4 heterocycles. The molecule has 1 saturated heterocycles. The molecule has 2 aromatic carbocycles. The SMILES string of the molecule is O=C(N[C@H]1c2ccccc2OC[C@H]1O)[C@H](Cc1cccnc1)C[C@H](O)CN1CCN(Cc2ccn(-c3ccc(Cl)c(Cl)c3)c2)C[C@H]1C(=O)NCC(F)(F)F. The number of pyridine rings is 1. The van der Waals surface area contributed by atoms with Gasteiger partial charge < -0.3 is 30.2 Å². The smallest absolute Gasteiger partial charge is 0.405 e. The van der Waals surface area contributed by atoms with Crippen LogP contribution in [0.15, 0.2) is 85.5 Å². The van der Waals surface area contributed by atoms with Gasteiger partial charge in [0.15, 0.2) is 0 Å². The van der Waals surface area contributed by atoms with Crippen LogP contribution in [0.2, 0.25) is 10.0 Å². The van der Waals surface area contributed by atoms with Crippen molar-refractivity contribution in [3.63, 3.8) is 0 Å². The van der Waals surface area contributed by atoms with Crippen molar-refractivity contribution in [3.8, 4) is 11.4 Å². The Hall–Kier alpha value is -4.18.